The van der Waals surface area contributed by atoms with E-state index in [1.807, 2.05) is 5.32 Å². The highest BCUT2D eigenvalue weighted by atomic mass is 32.2. The number of carbonyl (C=O) groups excluding carboxylic acids is 3. The van der Waals surface area contributed by atoms with Crippen LogP contribution in [0.4, 0.5) is 4.79 Å². The van der Waals surface area contributed by atoms with E-state index in [-0.39, 0.29) is 10.5 Å². The van der Waals surface area contributed by atoms with Crippen molar-refractivity contribution in [1.29, 1.82) is 0 Å². The second kappa shape index (κ2) is 7.43. The van der Waals surface area contributed by atoms with Gasteiger partial charge in [-0.25, -0.2) is 18.0 Å². The SMILES string of the molecule is Cc1ccc(S(C)(=O)=O)cc1C(=O)OC(C(=O)NC(N)=O)C(C)C. The number of nitrogens with two attached hydrogens (primary N) is 1. The van der Waals surface area contributed by atoms with Gasteiger partial charge in [0.05, 0.1) is 10.5 Å². The van der Waals surface area contributed by atoms with Gasteiger partial charge in [-0.05, 0) is 30.5 Å². The number of esters is 1. The number of hydrogen-bond acceptors (Lipinski definition) is 6. The Kier molecular flexibility index (Phi) is 6.08. The van der Waals surface area contributed by atoms with E-state index in [2.05, 4.69) is 0 Å². The van der Waals surface area contributed by atoms with Gasteiger partial charge in [-0.1, -0.05) is 19.9 Å². The van der Waals surface area contributed by atoms with E-state index in [9.17, 15) is 22.8 Å². The van der Waals surface area contributed by atoms with Crippen LogP contribution in [0.25, 0.3) is 0 Å². The Bertz CT molecular complexity index is 770. The van der Waals surface area contributed by atoms with Crippen LogP contribution in [0.1, 0.15) is 29.8 Å². The fraction of sp³-hybridized carbons (Fsp3) is 0.400. The molecule has 0 aromatic heterocycles. The molecule has 1 rings (SSSR count). The van der Waals surface area contributed by atoms with Crippen LogP contribution in [-0.4, -0.2) is 38.7 Å². The molecular formula is C15H20N2O6S. The molecule has 0 fully saturated rings. The van der Waals surface area contributed by atoms with E-state index < -0.39 is 39.8 Å². The predicted octanol–water partition coefficient (Wildman–Crippen LogP) is 0.775. The summed E-state index contributed by atoms with van der Waals surface area (Å²) in [5.41, 5.74) is 5.40. The quantitative estimate of drug-likeness (QED) is 0.749. The average Bonchev–Trinajstić information content (AvgIpc) is 2.42. The van der Waals surface area contributed by atoms with Crippen molar-refractivity contribution in [2.45, 2.75) is 31.8 Å². The van der Waals surface area contributed by atoms with Gasteiger partial charge in [0, 0.05) is 6.26 Å². The molecule has 1 aromatic carbocycles. The Hall–Kier alpha value is -2.42. The summed E-state index contributed by atoms with van der Waals surface area (Å²) in [6.07, 6.45) is -0.226. The molecule has 3 N–H and O–H groups in total. The molecule has 0 aliphatic carbocycles. The summed E-state index contributed by atoms with van der Waals surface area (Å²) in [5.74, 6) is -2.13. The third kappa shape index (κ3) is 5.05. The maximum absolute atomic E-state index is 12.3. The topological polar surface area (TPSA) is 133 Å². The Morgan fingerprint density at radius 2 is 1.79 bits per heavy atom. The first-order chi connectivity index (χ1) is 10.9. The molecule has 0 bridgehead atoms. The van der Waals surface area contributed by atoms with E-state index in [0.717, 1.165) is 6.26 Å². The number of imide groups is 1. The molecule has 9 heteroatoms. The van der Waals surface area contributed by atoms with Gasteiger partial charge >= 0.3 is 12.0 Å². The number of rotatable bonds is 5. The van der Waals surface area contributed by atoms with Crippen LogP contribution in [0.2, 0.25) is 0 Å². The molecule has 132 valence electrons. The summed E-state index contributed by atoms with van der Waals surface area (Å²) in [6, 6.07) is 2.98. The minimum atomic E-state index is -3.50. The first-order valence-corrected chi connectivity index (χ1v) is 8.94. The number of ether oxygens (including phenoxy) is 1. The zero-order chi connectivity index (χ0) is 18.7. The minimum absolute atomic E-state index is 0.0236. The van der Waals surface area contributed by atoms with Crippen LogP contribution in [0.3, 0.4) is 0 Å². The van der Waals surface area contributed by atoms with Crippen molar-refractivity contribution < 1.29 is 27.5 Å². The number of sulfone groups is 1. The van der Waals surface area contributed by atoms with Gasteiger partial charge < -0.3 is 10.5 Å². The van der Waals surface area contributed by atoms with Crippen LogP contribution in [-0.2, 0) is 19.4 Å². The molecule has 0 saturated carbocycles. The summed E-state index contributed by atoms with van der Waals surface area (Å²) in [4.78, 5) is 35.0. The highest BCUT2D eigenvalue weighted by molar-refractivity contribution is 7.90. The fourth-order valence-corrected chi connectivity index (χ4v) is 2.56. The summed E-state index contributed by atoms with van der Waals surface area (Å²) >= 11 is 0. The van der Waals surface area contributed by atoms with E-state index in [0.29, 0.717) is 5.56 Å². The largest absolute Gasteiger partial charge is 0.448 e. The number of carbonyl (C=O) groups is 3. The van der Waals surface area contributed by atoms with Crippen LogP contribution in [0.15, 0.2) is 23.1 Å². The molecule has 1 atom stereocenters. The standard InChI is InChI=1S/C15H20N2O6S/c1-8(2)12(13(18)17-15(16)20)23-14(19)11-7-10(24(4,21)22)6-5-9(11)3/h5-8,12H,1-4H3,(H3,16,17,18,20). The Labute approximate surface area is 140 Å². The zero-order valence-corrected chi connectivity index (χ0v) is 14.6. The molecule has 0 spiro atoms. The number of benzene rings is 1. The fourth-order valence-electron chi connectivity index (χ4n) is 1.92. The van der Waals surface area contributed by atoms with Crippen molar-refractivity contribution in [3.8, 4) is 0 Å². The first-order valence-electron chi connectivity index (χ1n) is 7.05. The molecule has 3 amide bonds. The molecule has 1 aromatic rings. The maximum Gasteiger partial charge on any atom is 0.339 e. The van der Waals surface area contributed by atoms with Crippen LogP contribution in [0.5, 0.6) is 0 Å². The molecule has 1 unspecified atom stereocenters. The van der Waals surface area contributed by atoms with E-state index in [1.165, 1.54) is 18.2 Å². The van der Waals surface area contributed by atoms with Gasteiger partial charge in [0.1, 0.15) is 0 Å². The van der Waals surface area contributed by atoms with Crippen molar-refractivity contribution in [2.24, 2.45) is 11.7 Å². The molecular weight excluding hydrogens is 336 g/mol. The number of nitrogens with one attached hydrogen (secondary N) is 1. The maximum atomic E-state index is 12.3. The predicted molar refractivity (Wildman–Crippen MR) is 86.1 cm³/mol. The zero-order valence-electron chi connectivity index (χ0n) is 13.8. The molecule has 0 heterocycles. The normalized spacial score (nSPS) is 12.5. The Morgan fingerprint density at radius 3 is 2.25 bits per heavy atom. The van der Waals surface area contributed by atoms with Gasteiger partial charge in [0.25, 0.3) is 5.91 Å². The average molecular weight is 356 g/mol. The second-order valence-corrected chi connectivity index (χ2v) is 7.69. The number of amides is 3. The van der Waals surface area contributed by atoms with Crippen LogP contribution in [0, 0.1) is 12.8 Å². The van der Waals surface area contributed by atoms with Crippen molar-refractivity contribution in [3.05, 3.63) is 29.3 Å². The van der Waals surface area contributed by atoms with E-state index in [4.69, 9.17) is 10.5 Å². The summed E-state index contributed by atoms with van der Waals surface area (Å²) in [7, 11) is -3.50. The van der Waals surface area contributed by atoms with Gasteiger partial charge in [0.2, 0.25) is 0 Å². The lowest BCUT2D eigenvalue weighted by molar-refractivity contribution is -0.130. The molecule has 0 saturated heterocycles. The van der Waals surface area contributed by atoms with Gasteiger partial charge in [-0.15, -0.1) is 0 Å². The van der Waals surface area contributed by atoms with Crippen LogP contribution >= 0.6 is 0 Å². The lowest BCUT2D eigenvalue weighted by Crippen LogP contribution is -2.45. The Balaban J connectivity index is 3.12. The Morgan fingerprint density at radius 1 is 1.21 bits per heavy atom. The highest BCUT2D eigenvalue weighted by Crippen LogP contribution is 2.18. The molecule has 0 aliphatic rings. The van der Waals surface area contributed by atoms with Gasteiger partial charge in [-0.3, -0.25) is 10.1 Å². The van der Waals surface area contributed by atoms with Crippen molar-refractivity contribution >= 4 is 27.7 Å². The lowest BCUT2D eigenvalue weighted by atomic mass is 10.1. The summed E-state index contributed by atoms with van der Waals surface area (Å²) < 4.78 is 28.4. The van der Waals surface area contributed by atoms with Crippen LogP contribution < -0.4 is 11.1 Å². The molecule has 0 radical (unpaired) electrons. The van der Waals surface area contributed by atoms with Crippen molar-refractivity contribution in [3.63, 3.8) is 0 Å². The number of urea groups is 1. The summed E-state index contributed by atoms with van der Waals surface area (Å²) in [5, 5.41) is 1.86. The van der Waals surface area contributed by atoms with E-state index >= 15 is 0 Å². The van der Waals surface area contributed by atoms with Crippen molar-refractivity contribution in [2.75, 3.05) is 6.26 Å². The highest BCUT2D eigenvalue weighted by Gasteiger charge is 2.28. The van der Waals surface area contributed by atoms with Gasteiger partial charge in [0.15, 0.2) is 15.9 Å². The van der Waals surface area contributed by atoms with Crippen molar-refractivity contribution in [1.82, 2.24) is 5.32 Å². The van der Waals surface area contributed by atoms with E-state index in [1.54, 1.807) is 20.8 Å². The number of primary amides is 1. The third-order valence-corrected chi connectivity index (χ3v) is 4.31. The lowest BCUT2D eigenvalue weighted by Gasteiger charge is -2.20. The monoisotopic (exact) mass is 356 g/mol. The minimum Gasteiger partial charge on any atom is -0.448 e. The summed E-state index contributed by atoms with van der Waals surface area (Å²) in [6.45, 7) is 4.85. The number of aryl methyl sites for hydroxylation is 1. The van der Waals surface area contributed by atoms with Gasteiger partial charge in [-0.2, -0.15) is 0 Å². The smallest absolute Gasteiger partial charge is 0.339 e. The first kappa shape index (κ1) is 19.6. The number of hydrogen-bond donors (Lipinski definition) is 2. The second-order valence-electron chi connectivity index (χ2n) is 5.67. The molecule has 8 nitrogen and oxygen atoms in total. The molecule has 0 aliphatic heterocycles. The molecule has 24 heavy (non-hydrogen) atoms. The third-order valence-electron chi connectivity index (χ3n) is 3.20.